The van der Waals surface area contributed by atoms with Crippen molar-refractivity contribution in [2.45, 2.75) is 25.4 Å². The fourth-order valence-electron chi connectivity index (χ4n) is 1.96. The molecule has 0 radical (unpaired) electrons. The molecule has 1 aromatic rings. The Kier molecular flexibility index (Phi) is 4.46. The van der Waals surface area contributed by atoms with Crippen LogP contribution in [-0.2, 0) is 16.1 Å². The molecule has 1 saturated heterocycles. The van der Waals surface area contributed by atoms with Crippen LogP contribution in [0.2, 0.25) is 0 Å². The molecular formula is C13H17N3O3. The monoisotopic (exact) mass is 263 g/mol. The number of aromatic nitrogens is 1. The normalized spacial score (nSPS) is 18.8. The van der Waals surface area contributed by atoms with Gasteiger partial charge < -0.3 is 15.4 Å². The van der Waals surface area contributed by atoms with Gasteiger partial charge in [-0.25, -0.2) is 4.79 Å². The Morgan fingerprint density at radius 3 is 3.05 bits per heavy atom. The van der Waals surface area contributed by atoms with E-state index in [-0.39, 0.29) is 11.9 Å². The number of piperidine rings is 1. The van der Waals surface area contributed by atoms with Crippen LogP contribution >= 0.6 is 0 Å². The number of nitrogens with zero attached hydrogens (tertiary/aromatic N) is 1. The van der Waals surface area contributed by atoms with Crippen LogP contribution in [0.15, 0.2) is 18.3 Å². The van der Waals surface area contributed by atoms with Crippen molar-refractivity contribution >= 4 is 11.9 Å². The van der Waals surface area contributed by atoms with Crippen molar-refractivity contribution in [3.63, 3.8) is 0 Å². The molecule has 102 valence electrons. The van der Waals surface area contributed by atoms with E-state index in [0.717, 1.165) is 25.1 Å². The summed E-state index contributed by atoms with van der Waals surface area (Å²) in [4.78, 5) is 26.9. The Morgan fingerprint density at radius 1 is 1.58 bits per heavy atom. The van der Waals surface area contributed by atoms with Gasteiger partial charge >= 0.3 is 5.97 Å². The van der Waals surface area contributed by atoms with Crippen LogP contribution in [0.5, 0.6) is 0 Å². The van der Waals surface area contributed by atoms with Crippen molar-refractivity contribution in [2.24, 2.45) is 0 Å². The van der Waals surface area contributed by atoms with Gasteiger partial charge in [0, 0.05) is 19.3 Å². The summed E-state index contributed by atoms with van der Waals surface area (Å²) in [6.07, 6.45) is 3.30. The Morgan fingerprint density at radius 2 is 2.42 bits per heavy atom. The smallest absolute Gasteiger partial charge is 0.339 e. The number of ether oxygens (including phenoxy) is 1. The fourth-order valence-corrected chi connectivity index (χ4v) is 1.96. The van der Waals surface area contributed by atoms with E-state index in [1.54, 1.807) is 12.1 Å². The quantitative estimate of drug-likeness (QED) is 0.760. The summed E-state index contributed by atoms with van der Waals surface area (Å²) in [5, 5.41) is 5.98. The molecule has 6 nitrogen and oxygen atoms in total. The summed E-state index contributed by atoms with van der Waals surface area (Å²) in [6.45, 7) is 1.25. The Hall–Kier alpha value is -1.95. The molecule has 2 rings (SSSR count). The lowest BCUT2D eigenvalue weighted by Crippen LogP contribution is -2.47. The number of esters is 1. The van der Waals surface area contributed by atoms with E-state index in [1.165, 1.54) is 13.3 Å². The van der Waals surface area contributed by atoms with Crippen molar-refractivity contribution in [3.05, 3.63) is 29.6 Å². The standard InChI is InChI=1S/C13H17N3O3/c1-19-13(18)9-4-5-10(15-7-9)8-16-11-3-2-6-14-12(11)17/h4-5,7,11,16H,2-3,6,8H2,1H3,(H,14,17). The Bertz CT molecular complexity index is 459. The highest BCUT2D eigenvalue weighted by molar-refractivity contribution is 5.88. The van der Waals surface area contributed by atoms with Crippen LogP contribution < -0.4 is 10.6 Å². The number of carbonyl (C=O) groups excluding carboxylic acids is 2. The third kappa shape index (κ3) is 3.51. The first-order valence-corrected chi connectivity index (χ1v) is 6.25. The second kappa shape index (κ2) is 6.29. The SMILES string of the molecule is COC(=O)c1ccc(CNC2CCCNC2=O)nc1. The molecule has 0 spiro atoms. The van der Waals surface area contributed by atoms with Gasteiger partial charge in [0.15, 0.2) is 0 Å². The van der Waals surface area contributed by atoms with E-state index in [1.807, 2.05) is 0 Å². The minimum absolute atomic E-state index is 0.0393. The molecule has 1 amide bonds. The zero-order chi connectivity index (χ0) is 13.7. The number of rotatable bonds is 4. The van der Waals surface area contributed by atoms with Crippen molar-refractivity contribution in [2.75, 3.05) is 13.7 Å². The van der Waals surface area contributed by atoms with Gasteiger partial charge in [-0.1, -0.05) is 0 Å². The number of carbonyl (C=O) groups is 2. The molecule has 1 unspecified atom stereocenters. The number of methoxy groups -OCH3 is 1. The maximum absolute atomic E-state index is 11.5. The van der Waals surface area contributed by atoms with Crippen molar-refractivity contribution < 1.29 is 14.3 Å². The molecule has 0 saturated carbocycles. The Labute approximate surface area is 111 Å². The molecule has 0 aliphatic carbocycles. The van der Waals surface area contributed by atoms with E-state index < -0.39 is 5.97 Å². The summed E-state index contributed by atoms with van der Waals surface area (Å²) in [5.74, 6) is -0.365. The molecule has 0 aromatic carbocycles. The Balaban J connectivity index is 1.89. The van der Waals surface area contributed by atoms with Crippen molar-refractivity contribution in [3.8, 4) is 0 Å². The lowest BCUT2D eigenvalue weighted by Gasteiger charge is -2.22. The van der Waals surface area contributed by atoms with Crippen LogP contribution in [-0.4, -0.2) is 36.6 Å². The summed E-state index contributed by atoms with van der Waals surface area (Å²) in [7, 11) is 1.33. The average Bonchev–Trinajstić information content (AvgIpc) is 2.46. The average molecular weight is 263 g/mol. The predicted octanol–water partition coefficient (Wildman–Crippen LogP) is 0.236. The highest BCUT2D eigenvalue weighted by Gasteiger charge is 2.21. The van der Waals surface area contributed by atoms with Crippen LogP contribution in [0, 0.1) is 0 Å². The van der Waals surface area contributed by atoms with Gasteiger partial charge in [-0.2, -0.15) is 0 Å². The van der Waals surface area contributed by atoms with Gasteiger partial charge in [0.05, 0.1) is 24.4 Å². The van der Waals surface area contributed by atoms with E-state index in [9.17, 15) is 9.59 Å². The summed E-state index contributed by atoms with van der Waals surface area (Å²) in [6, 6.07) is 3.26. The molecule has 1 atom stereocenters. The molecule has 19 heavy (non-hydrogen) atoms. The highest BCUT2D eigenvalue weighted by atomic mass is 16.5. The molecule has 1 aliphatic heterocycles. The topological polar surface area (TPSA) is 80.3 Å². The first-order chi connectivity index (χ1) is 9.20. The number of hydrogen-bond donors (Lipinski definition) is 2. The molecule has 2 N–H and O–H groups in total. The molecule has 1 aromatic heterocycles. The van der Waals surface area contributed by atoms with Gasteiger partial charge in [-0.15, -0.1) is 0 Å². The third-order valence-electron chi connectivity index (χ3n) is 3.06. The number of nitrogens with one attached hydrogen (secondary N) is 2. The molecular weight excluding hydrogens is 246 g/mol. The van der Waals surface area contributed by atoms with Crippen LogP contribution in [0.3, 0.4) is 0 Å². The second-order valence-corrected chi connectivity index (χ2v) is 4.40. The largest absolute Gasteiger partial charge is 0.465 e. The van der Waals surface area contributed by atoms with E-state index in [0.29, 0.717) is 12.1 Å². The van der Waals surface area contributed by atoms with Crippen LogP contribution in [0.1, 0.15) is 28.9 Å². The maximum atomic E-state index is 11.5. The number of hydrogen-bond acceptors (Lipinski definition) is 5. The van der Waals surface area contributed by atoms with E-state index in [2.05, 4.69) is 20.4 Å². The highest BCUT2D eigenvalue weighted by Crippen LogP contribution is 2.05. The summed E-state index contributed by atoms with van der Waals surface area (Å²) in [5.41, 5.74) is 1.20. The molecule has 2 heterocycles. The predicted molar refractivity (Wildman–Crippen MR) is 68.4 cm³/mol. The van der Waals surface area contributed by atoms with Gasteiger partial charge in [0.25, 0.3) is 0 Å². The van der Waals surface area contributed by atoms with Crippen LogP contribution in [0.25, 0.3) is 0 Å². The molecule has 0 bridgehead atoms. The fraction of sp³-hybridized carbons (Fsp3) is 0.462. The maximum Gasteiger partial charge on any atom is 0.339 e. The number of pyridine rings is 1. The van der Waals surface area contributed by atoms with Gasteiger partial charge in [0.1, 0.15) is 0 Å². The zero-order valence-corrected chi connectivity index (χ0v) is 10.8. The molecule has 1 aliphatic rings. The summed E-state index contributed by atoms with van der Waals surface area (Å²) >= 11 is 0. The van der Waals surface area contributed by atoms with Gasteiger partial charge in [-0.3, -0.25) is 9.78 Å². The minimum atomic E-state index is -0.404. The van der Waals surface area contributed by atoms with E-state index in [4.69, 9.17) is 0 Å². The third-order valence-corrected chi connectivity index (χ3v) is 3.06. The first kappa shape index (κ1) is 13.5. The summed E-state index contributed by atoms with van der Waals surface area (Å²) < 4.78 is 4.60. The lowest BCUT2D eigenvalue weighted by atomic mass is 10.1. The van der Waals surface area contributed by atoms with E-state index >= 15 is 0 Å². The molecule has 6 heteroatoms. The minimum Gasteiger partial charge on any atom is -0.465 e. The van der Waals surface area contributed by atoms with Crippen molar-refractivity contribution in [1.29, 1.82) is 0 Å². The van der Waals surface area contributed by atoms with Gasteiger partial charge in [-0.05, 0) is 25.0 Å². The number of amides is 1. The van der Waals surface area contributed by atoms with Crippen LogP contribution in [0.4, 0.5) is 0 Å². The second-order valence-electron chi connectivity index (χ2n) is 4.40. The first-order valence-electron chi connectivity index (χ1n) is 6.25. The van der Waals surface area contributed by atoms with Gasteiger partial charge in [0.2, 0.25) is 5.91 Å². The lowest BCUT2D eigenvalue weighted by molar-refractivity contribution is -0.124. The molecule has 1 fully saturated rings. The zero-order valence-electron chi connectivity index (χ0n) is 10.8. The van der Waals surface area contributed by atoms with Crippen molar-refractivity contribution in [1.82, 2.24) is 15.6 Å².